The Morgan fingerprint density at radius 1 is 0.691 bits per heavy atom. The molecule has 2 aromatic carbocycles. The molecule has 6 rings (SSSR count). The summed E-state index contributed by atoms with van der Waals surface area (Å²) in [6.07, 6.45) is 3.56. The van der Waals surface area contributed by atoms with Crippen LogP contribution in [-0.2, 0) is 35.7 Å². The van der Waals surface area contributed by atoms with E-state index in [-0.39, 0.29) is 52.9 Å². The van der Waals surface area contributed by atoms with Gasteiger partial charge in [-0.2, -0.15) is 10.2 Å². The van der Waals surface area contributed by atoms with Crippen molar-refractivity contribution in [2.45, 2.75) is 53.9 Å². The van der Waals surface area contributed by atoms with Crippen LogP contribution in [0.15, 0.2) is 48.6 Å². The maximum Gasteiger partial charge on any atom is 0.338 e. The van der Waals surface area contributed by atoms with Crippen molar-refractivity contribution in [3.05, 3.63) is 82.5 Å². The number of aromatic hydroxyl groups is 1. The number of amides is 2. The van der Waals surface area contributed by atoms with Crippen LogP contribution in [-0.4, -0.2) is 88.9 Å². The predicted molar refractivity (Wildman–Crippen MR) is 201 cm³/mol. The Morgan fingerprint density at radius 2 is 1.15 bits per heavy atom. The Kier molecular flexibility index (Phi) is 10.7. The predicted octanol–water partition coefficient (Wildman–Crippen LogP) is 4.48. The summed E-state index contributed by atoms with van der Waals surface area (Å²) in [4.78, 5) is 61.1. The van der Waals surface area contributed by atoms with Gasteiger partial charge in [-0.25, -0.2) is 19.6 Å². The number of benzene rings is 2. The van der Waals surface area contributed by atoms with Crippen molar-refractivity contribution in [2.75, 3.05) is 32.0 Å². The van der Waals surface area contributed by atoms with E-state index in [2.05, 4.69) is 30.8 Å². The number of aromatic nitrogens is 8. The van der Waals surface area contributed by atoms with Crippen LogP contribution < -0.4 is 15.4 Å². The molecule has 0 aliphatic rings. The van der Waals surface area contributed by atoms with Gasteiger partial charge < -0.3 is 28.5 Å². The second kappa shape index (κ2) is 15.6. The Bertz CT molecular complexity index is 2500. The van der Waals surface area contributed by atoms with Crippen molar-refractivity contribution in [3.63, 3.8) is 0 Å². The van der Waals surface area contributed by atoms with Crippen LogP contribution in [0, 0.1) is 13.8 Å². The van der Waals surface area contributed by atoms with Crippen LogP contribution in [0.25, 0.3) is 22.1 Å². The minimum atomic E-state index is -0.668. The fourth-order valence-electron chi connectivity index (χ4n) is 6.28. The standard InChI is InChI=1S/C37H40N10O8/c1-8-46-26(14-20(3)42-46)32(49)40-36-38-24-16-22(34(51)54-6)18-28(48)30(24)44(36)12-10-11-13-45-31-25(17-23(35(52)55-7)19-29(31)53-5)39-37(45)41-33(50)27-15-21(4)43-47(27)9-2/h10-11,14-19,48H,8-9,12-13H2,1-7H3,(H,38,40,49)(H,39,41,50)/b11-10+. The Morgan fingerprint density at radius 3 is 1.60 bits per heavy atom. The van der Waals surface area contributed by atoms with E-state index in [9.17, 15) is 24.3 Å². The van der Waals surface area contributed by atoms with Gasteiger partial charge in [-0.1, -0.05) is 12.2 Å². The topological polar surface area (TPSA) is 212 Å². The molecule has 0 spiro atoms. The number of hydrogen-bond acceptors (Lipinski definition) is 12. The molecule has 55 heavy (non-hydrogen) atoms. The average Bonchev–Trinajstić information content (AvgIpc) is 3.94. The number of nitrogens with one attached hydrogen (secondary N) is 2. The summed E-state index contributed by atoms with van der Waals surface area (Å²) in [7, 11) is 3.95. The lowest BCUT2D eigenvalue weighted by molar-refractivity contribution is 0.0591. The number of ether oxygens (including phenoxy) is 3. The summed E-state index contributed by atoms with van der Waals surface area (Å²) in [5.41, 5.74) is 3.63. The SMILES string of the molecule is CCn1nc(C)cc1C(=O)Nc1nc2cc(C(=O)OC)cc(O)c2n1C/C=C/Cn1c(NC(=O)c2cc(C)nn2CC)nc2cc(C(=O)OC)cc(OC)c21. The van der Waals surface area contributed by atoms with E-state index in [0.29, 0.717) is 52.6 Å². The van der Waals surface area contributed by atoms with Gasteiger partial charge in [0.2, 0.25) is 11.9 Å². The monoisotopic (exact) mass is 752 g/mol. The van der Waals surface area contributed by atoms with Crippen LogP contribution in [0.4, 0.5) is 11.9 Å². The van der Waals surface area contributed by atoms with Crippen molar-refractivity contribution < 1.29 is 38.5 Å². The summed E-state index contributed by atoms with van der Waals surface area (Å²) in [5, 5.41) is 25.6. The van der Waals surface area contributed by atoms with Gasteiger partial charge in [0.25, 0.3) is 11.8 Å². The smallest absolute Gasteiger partial charge is 0.338 e. The van der Waals surface area contributed by atoms with Crippen molar-refractivity contribution in [3.8, 4) is 11.5 Å². The zero-order valence-corrected chi connectivity index (χ0v) is 31.3. The van der Waals surface area contributed by atoms with Crippen molar-refractivity contribution in [1.29, 1.82) is 0 Å². The number of nitrogens with zero attached hydrogens (tertiary/aromatic N) is 8. The van der Waals surface area contributed by atoms with E-state index in [1.54, 1.807) is 62.7 Å². The number of methoxy groups -OCH3 is 3. The lowest BCUT2D eigenvalue weighted by atomic mass is 10.2. The van der Waals surface area contributed by atoms with Crippen LogP contribution in [0.1, 0.15) is 66.9 Å². The lowest BCUT2D eigenvalue weighted by Crippen LogP contribution is -2.20. The molecule has 286 valence electrons. The molecule has 18 nitrogen and oxygen atoms in total. The number of carbonyl (C=O) groups excluding carboxylic acids is 4. The normalized spacial score (nSPS) is 11.4. The third-order valence-corrected chi connectivity index (χ3v) is 8.75. The summed E-state index contributed by atoms with van der Waals surface area (Å²) in [6.45, 7) is 8.49. The first-order valence-corrected chi connectivity index (χ1v) is 17.3. The highest BCUT2D eigenvalue weighted by molar-refractivity contribution is 6.05. The zero-order chi connectivity index (χ0) is 39.6. The van der Waals surface area contributed by atoms with Gasteiger partial charge >= 0.3 is 11.9 Å². The maximum absolute atomic E-state index is 13.6. The molecule has 2 amide bonds. The van der Waals surface area contributed by atoms with Gasteiger partial charge in [0.05, 0.1) is 54.9 Å². The fourth-order valence-corrected chi connectivity index (χ4v) is 6.28. The molecular weight excluding hydrogens is 712 g/mol. The van der Waals surface area contributed by atoms with E-state index in [1.165, 1.54) is 39.5 Å². The highest BCUT2D eigenvalue weighted by atomic mass is 16.5. The molecule has 0 aliphatic carbocycles. The Balaban J connectivity index is 1.39. The van der Waals surface area contributed by atoms with E-state index in [1.807, 2.05) is 13.8 Å². The summed E-state index contributed by atoms with van der Waals surface area (Å²) < 4.78 is 21.9. The number of phenolic OH excluding ortho intramolecular Hbond substituents is 1. The third-order valence-electron chi connectivity index (χ3n) is 8.75. The summed E-state index contributed by atoms with van der Waals surface area (Å²) in [5.74, 6) is -1.85. The molecule has 0 atom stereocenters. The number of rotatable bonds is 13. The first-order valence-electron chi connectivity index (χ1n) is 17.3. The van der Waals surface area contributed by atoms with Crippen LogP contribution in [0.2, 0.25) is 0 Å². The molecule has 0 radical (unpaired) electrons. The first-order chi connectivity index (χ1) is 26.4. The number of aryl methyl sites for hydroxylation is 4. The maximum atomic E-state index is 13.6. The summed E-state index contributed by atoms with van der Waals surface area (Å²) in [6, 6.07) is 9.14. The first kappa shape index (κ1) is 37.8. The van der Waals surface area contributed by atoms with Crippen LogP contribution in [0.5, 0.6) is 11.5 Å². The van der Waals surface area contributed by atoms with Crippen LogP contribution in [0.3, 0.4) is 0 Å². The molecule has 0 unspecified atom stereocenters. The third kappa shape index (κ3) is 7.33. The largest absolute Gasteiger partial charge is 0.506 e. The van der Waals surface area contributed by atoms with E-state index >= 15 is 0 Å². The molecule has 3 N–H and O–H groups in total. The molecule has 0 aliphatic heterocycles. The Labute approximate surface area is 314 Å². The van der Waals surface area contributed by atoms with Crippen molar-refractivity contribution in [1.82, 2.24) is 38.7 Å². The number of allylic oxidation sites excluding steroid dienone is 2. The van der Waals surface area contributed by atoms with Gasteiger partial charge in [0, 0.05) is 26.2 Å². The van der Waals surface area contributed by atoms with E-state index in [0.717, 1.165) is 0 Å². The molecular formula is C37H40N10O8. The van der Waals surface area contributed by atoms with Gasteiger partial charge in [0.1, 0.15) is 33.9 Å². The molecule has 0 saturated heterocycles. The highest BCUT2D eigenvalue weighted by Gasteiger charge is 2.24. The molecule has 0 saturated carbocycles. The quantitative estimate of drug-likeness (QED) is 0.110. The minimum Gasteiger partial charge on any atom is -0.506 e. The number of hydrogen-bond donors (Lipinski definition) is 3. The second-order valence-corrected chi connectivity index (χ2v) is 12.3. The molecule has 4 aromatic heterocycles. The molecule has 0 fully saturated rings. The Hall–Kier alpha value is -6.98. The second-order valence-electron chi connectivity index (χ2n) is 12.3. The number of esters is 2. The van der Waals surface area contributed by atoms with Gasteiger partial charge in [0.15, 0.2) is 0 Å². The molecule has 4 heterocycles. The number of carbonyl (C=O) groups is 4. The minimum absolute atomic E-state index is 0.0771. The molecule has 0 bridgehead atoms. The van der Waals surface area contributed by atoms with E-state index < -0.39 is 23.8 Å². The number of imidazole rings is 2. The highest BCUT2D eigenvalue weighted by Crippen LogP contribution is 2.33. The van der Waals surface area contributed by atoms with Crippen LogP contribution >= 0.6 is 0 Å². The van der Waals surface area contributed by atoms with Gasteiger partial charge in [-0.15, -0.1) is 0 Å². The van der Waals surface area contributed by atoms with Gasteiger partial charge in [-0.3, -0.25) is 29.6 Å². The molecule has 18 heteroatoms. The van der Waals surface area contributed by atoms with Gasteiger partial charge in [-0.05, 0) is 64.1 Å². The zero-order valence-electron chi connectivity index (χ0n) is 31.3. The average molecular weight is 753 g/mol. The number of phenols is 1. The molecule has 6 aromatic rings. The lowest BCUT2D eigenvalue weighted by Gasteiger charge is -2.12. The number of fused-ring (bicyclic) bond motifs is 2. The summed E-state index contributed by atoms with van der Waals surface area (Å²) >= 11 is 0. The fraction of sp³-hybridized carbons (Fsp3) is 0.297. The van der Waals surface area contributed by atoms with E-state index in [4.69, 9.17) is 14.2 Å². The number of anilines is 2. The van der Waals surface area contributed by atoms with Crippen molar-refractivity contribution >= 4 is 57.7 Å². The van der Waals surface area contributed by atoms with Crippen molar-refractivity contribution in [2.24, 2.45) is 0 Å².